The summed E-state index contributed by atoms with van der Waals surface area (Å²) in [7, 11) is 3.33. The van der Waals surface area contributed by atoms with Crippen molar-refractivity contribution in [3.63, 3.8) is 0 Å². The lowest BCUT2D eigenvalue weighted by Gasteiger charge is -2.17. The zero-order valence-electron chi connectivity index (χ0n) is 12.1. The average molecular weight is 279 g/mol. The van der Waals surface area contributed by atoms with Gasteiger partial charge in [-0.15, -0.1) is 0 Å². The molecule has 0 aliphatic heterocycles. The number of rotatable bonds is 7. The normalized spacial score (nSPS) is 10.4. The van der Waals surface area contributed by atoms with Gasteiger partial charge in [0.2, 0.25) is 0 Å². The maximum absolute atomic E-state index is 11.9. The second-order valence-electron chi connectivity index (χ2n) is 4.45. The van der Waals surface area contributed by atoms with Crippen LogP contribution in [0.4, 0.5) is 0 Å². The molecule has 0 aliphatic rings. The number of carbonyl (C=O) groups is 2. The van der Waals surface area contributed by atoms with Crippen LogP contribution in [0, 0.1) is 6.92 Å². The fourth-order valence-corrected chi connectivity index (χ4v) is 1.62. The summed E-state index contributed by atoms with van der Waals surface area (Å²) in [5.41, 5.74) is 4.09. The van der Waals surface area contributed by atoms with Gasteiger partial charge in [0.15, 0.2) is 0 Å². The molecule has 0 radical (unpaired) electrons. The van der Waals surface area contributed by atoms with E-state index in [4.69, 9.17) is 4.74 Å². The predicted octanol–water partition coefficient (Wildman–Crippen LogP) is 0.334. The molecule has 1 aromatic carbocycles. The van der Waals surface area contributed by atoms with E-state index in [0.717, 1.165) is 5.56 Å². The number of ether oxygens (including phenoxy) is 1. The first-order valence-electron chi connectivity index (χ1n) is 6.38. The summed E-state index contributed by atoms with van der Waals surface area (Å²) in [5.74, 6) is -0.525. The van der Waals surface area contributed by atoms with Gasteiger partial charge in [-0.05, 0) is 18.6 Å². The minimum Gasteiger partial charge on any atom is -0.383 e. The number of hydrazine groups is 1. The molecular weight excluding hydrogens is 258 g/mol. The van der Waals surface area contributed by atoms with Crippen molar-refractivity contribution in [2.75, 3.05) is 33.9 Å². The van der Waals surface area contributed by atoms with E-state index in [1.165, 1.54) is 0 Å². The molecule has 0 spiro atoms. The lowest BCUT2D eigenvalue weighted by atomic mass is 10.1. The van der Waals surface area contributed by atoms with Crippen molar-refractivity contribution < 1.29 is 14.3 Å². The van der Waals surface area contributed by atoms with Gasteiger partial charge in [-0.2, -0.15) is 0 Å². The van der Waals surface area contributed by atoms with Crippen LogP contribution in [-0.2, 0) is 9.53 Å². The molecule has 1 rings (SSSR count). The SMILES string of the molecule is COCCN(C)NC(=O)CNC(=O)c1ccccc1C. The lowest BCUT2D eigenvalue weighted by Crippen LogP contribution is -2.45. The van der Waals surface area contributed by atoms with Crippen molar-refractivity contribution in [3.05, 3.63) is 35.4 Å². The molecule has 0 saturated carbocycles. The van der Waals surface area contributed by atoms with Gasteiger partial charge in [-0.1, -0.05) is 18.2 Å². The van der Waals surface area contributed by atoms with Crippen LogP contribution in [0.5, 0.6) is 0 Å². The third kappa shape index (κ3) is 5.38. The number of nitrogens with zero attached hydrogens (tertiary/aromatic N) is 1. The highest BCUT2D eigenvalue weighted by Gasteiger charge is 2.10. The number of nitrogens with one attached hydrogen (secondary N) is 2. The number of methoxy groups -OCH3 is 1. The first-order chi connectivity index (χ1) is 9.54. The maximum atomic E-state index is 11.9. The zero-order valence-corrected chi connectivity index (χ0v) is 12.1. The van der Waals surface area contributed by atoms with Gasteiger partial charge < -0.3 is 10.1 Å². The Bertz CT molecular complexity index is 463. The largest absolute Gasteiger partial charge is 0.383 e. The number of carbonyl (C=O) groups excluding carboxylic acids is 2. The van der Waals surface area contributed by atoms with Crippen LogP contribution in [0.25, 0.3) is 0 Å². The van der Waals surface area contributed by atoms with Gasteiger partial charge in [0.05, 0.1) is 13.2 Å². The molecule has 2 amide bonds. The Balaban J connectivity index is 2.38. The molecule has 0 saturated heterocycles. The monoisotopic (exact) mass is 279 g/mol. The fourth-order valence-electron chi connectivity index (χ4n) is 1.62. The van der Waals surface area contributed by atoms with Crippen LogP contribution in [0.3, 0.4) is 0 Å². The summed E-state index contributed by atoms with van der Waals surface area (Å²) < 4.78 is 4.90. The topological polar surface area (TPSA) is 70.7 Å². The minimum atomic E-state index is -0.273. The minimum absolute atomic E-state index is 0.0650. The molecule has 2 N–H and O–H groups in total. The average Bonchev–Trinajstić information content (AvgIpc) is 2.43. The molecule has 0 aromatic heterocycles. The predicted molar refractivity (Wildman–Crippen MR) is 76.2 cm³/mol. The third-order valence-corrected chi connectivity index (χ3v) is 2.75. The van der Waals surface area contributed by atoms with E-state index in [0.29, 0.717) is 18.7 Å². The number of amides is 2. The lowest BCUT2D eigenvalue weighted by molar-refractivity contribution is -0.124. The van der Waals surface area contributed by atoms with Crippen LogP contribution in [0.1, 0.15) is 15.9 Å². The number of likely N-dealkylation sites (N-methyl/N-ethyl adjacent to an activating group) is 1. The highest BCUT2D eigenvalue weighted by Crippen LogP contribution is 2.05. The van der Waals surface area contributed by atoms with Gasteiger partial charge >= 0.3 is 0 Å². The molecule has 6 nitrogen and oxygen atoms in total. The zero-order chi connectivity index (χ0) is 15.0. The number of hydrogen-bond donors (Lipinski definition) is 2. The Morgan fingerprint density at radius 3 is 2.65 bits per heavy atom. The molecule has 0 bridgehead atoms. The standard InChI is InChI=1S/C14H21N3O3/c1-11-6-4-5-7-12(11)14(19)15-10-13(18)16-17(2)8-9-20-3/h4-7H,8-10H2,1-3H3,(H,15,19)(H,16,18). The van der Waals surface area contributed by atoms with E-state index < -0.39 is 0 Å². The second kappa shape index (κ2) is 8.29. The fraction of sp³-hybridized carbons (Fsp3) is 0.429. The van der Waals surface area contributed by atoms with E-state index in [9.17, 15) is 9.59 Å². The molecule has 0 aliphatic carbocycles. The molecular formula is C14H21N3O3. The Morgan fingerprint density at radius 1 is 1.30 bits per heavy atom. The van der Waals surface area contributed by atoms with Crippen LogP contribution in [0.2, 0.25) is 0 Å². The number of aryl methyl sites for hydroxylation is 1. The first kappa shape index (κ1) is 16.1. The molecule has 1 aromatic rings. The van der Waals surface area contributed by atoms with Gasteiger partial charge in [-0.3, -0.25) is 15.0 Å². The van der Waals surface area contributed by atoms with Gasteiger partial charge in [0.1, 0.15) is 0 Å². The summed E-state index contributed by atoms with van der Waals surface area (Å²) in [4.78, 5) is 23.5. The van der Waals surface area contributed by atoms with E-state index in [1.54, 1.807) is 31.3 Å². The highest BCUT2D eigenvalue weighted by molar-refractivity contribution is 5.97. The van der Waals surface area contributed by atoms with E-state index in [2.05, 4.69) is 10.7 Å². The van der Waals surface area contributed by atoms with Crippen LogP contribution < -0.4 is 10.7 Å². The maximum Gasteiger partial charge on any atom is 0.253 e. The van der Waals surface area contributed by atoms with Crippen molar-refractivity contribution in [3.8, 4) is 0 Å². The van der Waals surface area contributed by atoms with Crippen molar-refractivity contribution in [1.29, 1.82) is 0 Å². The smallest absolute Gasteiger partial charge is 0.253 e. The van der Waals surface area contributed by atoms with Crippen molar-refractivity contribution in [2.45, 2.75) is 6.92 Å². The van der Waals surface area contributed by atoms with Crippen molar-refractivity contribution >= 4 is 11.8 Å². The van der Waals surface area contributed by atoms with Gasteiger partial charge in [-0.25, -0.2) is 5.01 Å². The van der Waals surface area contributed by atoms with E-state index in [1.807, 2.05) is 19.1 Å². The molecule has 0 fully saturated rings. The van der Waals surface area contributed by atoms with Crippen molar-refractivity contribution in [1.82, 2.24) is 15.8 Å². The van der Waals surface area contributed by atoms with Gasteiger partial charge in [0, 0.05) is 26.3 Å². The Hall–Kier alpha value is -1.92. The van der Waals surface area contributed by atoms with Crippen LogP contribution in [-0.4, -0.2) is 50.7 Å². The van der Waals surface area contributed by atoms with Crippen LogP contribution >= 0.6 is 0 Å². The molecule has 20 heavy (non-hydrogen) atoms. The van der Waals surface area contributed by atoms with Crippen molar-refractivity contribution in [2.24, 2.45) is 0 Å². The van der Waals surface area contributed by atoms with Crippen LogP contribution in [0.15, 0.2) is 24.3 Å². The summed E-state index contributed by atoms with van der Waals surface area (Å²) in [6.45, 7) is 2.89. The first-order valence-corrected chi connectivity index (χ1v) is 6.38. The summed E-state index contributed by atoms with van der Waals surface area (Å²) in [6, 6.07) is 7.24. The second-order valence-corrected chi connectivity index (χ2v) is 4.45. The van der Waals surface area contributed by atoms with E-state index >= 15 is 0 Å². The summed E-state index contributed by atoms with van der Waals surface area (Å²) >= 11 is 0. The summed E-state index contributed by atoms with van der Waals surface area (Å²) in [6.07, 6.45) is 0. The molecule has 110 valence electrons. The molecule has 0 unspecified atom stereocenters. The molecule has 0 atom stereocenters. The molecule has 6 heteroatoms. The highest BCUT2D eigenvalue weighted by atomic mass is 16.5. The quantitative estimate of drug-likeness (QED) is 0.706. The van der Waals surface area contributed by atoms with E-state index in [-0.39, 0.29) is 18.4 Å². The Kier molecular flexibility index (Phi) is 6.69. The number of benzene rings is 1. The Labute approximate surface area is 119 Å². The summed E-state index contributed by atoms with van der Waals surface area (Å²) in [5, 5.41) is 4.21. The Morgan fingerprint density at radius 2 is 2.00 bits per heavy atom. The van der Waals surface area contributed by atoms with Gasteiger partial charge in [0.25, 0.3) is 11.8 Å². The third-order valence-electron chi connectivity index (χ3n) is 2.75. The molecule has 0 heterocycles. The number of hydrogen-bond acceptors (Lipinski definition) is 4.